The number of thioether (sulfide) groups is 1. The largest absolute Gasteiger partial charge is 0.497 e. The van der Waals surface area contributed by atoms with Crippen LogP contribution in [0.25, 0.3) is 0 Å². The lowest BCUT2D eigenvalue weighted by Crippen LogP contribution is -2.38. The monoisotopic (exact) mass is 520 g/mol. The van der Waals surface area contributed by atoms with Crippen molar-refractivity contribution >= 4 is 28.8 Å². The minimum atomic E-state index is -0.512. The van der Waals surface area contributed by atoms with Crippen molar-refractivity contribution in [1.29, 1.82) is 0 Å². The highest BCUT2D eigenvalue weighted by Crippen LogP contribution is 2.45. The van der Waals surface area contributed by atoms with Gasteiger partial charge in [-0.1, -0.05) is 54.2 Å². The van der Waals surface area contributed by atoms with Crippen LogP contribution in [0.3, 0.4) is 0 Å². The normalized spacial score (nSPS) is 16.8. The van der Waals surface area contributed by atoms with Crippen LogP contribution in [0.1, 0.15) is 30.5 Å². The van der Waals surface area contributed by atoms with Gasteiger partial charge in [0.15, 0.2) is 5.17 Å². The highest BCUT2D eigenvalue weighted by molar-refractivity contribution is 8.16. The number of allylic oxidation sites excluding steroid dienone is 1. The second-order valence-electron chi connectivity index (χ2n) is 9.06. The third kappa shape index (κ3) is 6.42. The Morgan fingerprint density at radius 2 is 1.92 bits per heavy atom. The van der Waals surface area contributed by atoms with Crippen molar-refractivity contribution in [3.63, 3.8) is 0 Å². The summed E-state index contributed by atoms with van der Waals surface area (Å²) in [5.74, 6) is 0.150. The minimum Gasteiger partial charge on any atom is -0.497 e. The van der Waals surface area contributed by atoms with E-state index < -0.39 is 12.0 Å². The Kier molecular flexibility index (Phi) is 8.68. The zero-order chi connectivity index (χ0) is 26.4. The summed E-state index contributed by atoms with van der Waals surface area (Å²) in [6.45, 7) is 3.29. The number of aliphatic imine (C=N–C) groups is 1. The average Bonchev–Trinajstić information content (AvgIpc) is 3.28. The molecule has 1 N–H and O–H groups in total. The third-order valence-corrected chi connectivity index (χ3v) is 6.95. The van der Waals surface area contributed by atoms with E-state index in [9.17, 15) is 9.59 Å². The number of methoxy groups -OCH3 is 1. The number of hydrogen-bond acceptors (Lipinski definition) is 8. The van der Waals surface area contributed by atoms with Crippen LogP contribution in [0.15, 0.2) is 82.0 Å². The van der Waals surface area contributed by atoms with Gasteiger partial charge in [0.1, 0.15) is 12.4 Å². The summed E-state index contributed by atoms with van der Waals surface area (Å²) in [4.78, 5) is 35.0. The second kappa shape index (κ2) is 12.1. The standard InChI is InChI=1S/C28H32N4O4S/c1-19-25(27(34)36-17-20-9-6-5-7-10-20)26(21-11-8-12-23(15-21)35-4)32-22(18-37-28(32)30-19)16-24(33)29-13-14-31(2)3/h5-12,15,18,26H,13-14,16-17H2,1-4H3,(H,29,33). The Bertz CT molecular complexity index is 1240. The summed E-state index contributed by atoms with van der Waals surface area (Å²) in [5.41, 5.74) is 3.56. The van der Waals surface area contributed by atoms with Crippen LogP contribution in [0.4, 0.5) is 0 Å². The Labute approximate surface area is 222 Å². The smallest absolute Gasteiger partial charge is 0.338 e. The third-order valence-electron chi connectivity index (χ3n) is 6.07. The maximum Gasteiger partial charge on any atom is 0.338 e. The van der Waals surface area contributed by atoms with Crippen molar-refractivity contribution < 1.29 is 19.1 Å². The Hall–Kier alpha value is -3.56. The van der Waals surface area contributed by atoms with E-state index in [4.69, 9.17) is 14.5 Å². The van der Waals surface area contributed by atoms with Gasteiger partial charge in [0.2, 0.25) is 5.91 Å². The molecule has 4 rings (SSSR count). The van der Waals surface area contributed by atoms with E-state index in [1.165, 1.54) is 11.8 Å². The van der Waals surface area contributed by atoms with Crippen LogP contribution in [0, 0.1) is 0 Å². The molecule has 0 saturated heterocycles. The summed E-state index contributed by atoms with van der Waals surface area (Å²) >= 11 is 1.45. The predicted molar refractivity (Wildman–Crippen MR) is 146 cm³/mol. The van der Waals surface area contributed by atoms with Crippen molar-refractivity contribution in [1.82, 2.24) is 15.1 Å². The van der Waals surface area contributed by atoms with Crippen molar-refractivity contribution in [2.75, 3.05) is 34.3 Å². The molecule has 2 aliphatic rings. The summed E-state index contributed by atoms with van der Waals surface area (Å²) in [5, 5.41) is 5.63. The number of carbonyl (C=O) groups is 2. The lowest BCUT2D eigenvalue weighted by molar-refractivity contribution is -0.141. The number of hydrogen-bond donors (Lipinski definition) is 1. The molecule has 9 heteroatoms. The van der Waals surface area contributed by atoms with Gasteiger partial charge in [-0.3, -0.25) is 4.79 Å². The van der Waals surface area contributed by atoms with Crippen LogP contribution >= 0.6 is 11.8 Å². The molecule has 2 heterocycles. The van der Waals surface area contributed by atoms with Gasteiger partial charge in [-0.2, -0.15) is 0 Å². The molecular formula is C28H32N4O4S. The predicted octanol–water partition coefficient (Wildman–Crippen LogP) is 4.08. The number of ether oxygens (including phenoxy) is 2. The van der Waals surface area contributed by atoms with Crippen LogP contribution in [0.5, 0.6) is 5.75 Å². The zero-order valence-electron chi connectivity index (χ0n) is 21.6. The molecule has 0 fully saturated rings. The Morgan fingerprint density at radius 1 is 1.14 bits per heavy atom. The first kappa shape index (κ1) is 26.5. The van der Waals surface area contributed by atoms with Crippen molar-refractivity contribution in [3.8, 4) is 5.75 Å². The van der Waals surface area contributed by atoms with Crippen molar-refractivity contribution in [2.45, 2.75) is 26.0 Å². The minimum absolute atomic E-state index is 0.0844. The lowest BCUT2D eigenvalue weighted by Gasteiger charge is -2.36. The number of nitrogens with zero attached hydrogens (tertiary/aromatic N) is 3. The molecule has 1 unspecified atom stereocenters. The molecule has 0 aromatic heterocycles. The van der Waals surface area contributed by atoms with E-state index in [2.05, 4.69) is 5.32 Å². The van der Waals surface area contributed by atoms with Gasteiger partial charge in [-0.15, -0.1) is 0 Å². The Balaban J connectivity index is 1.63. The van der Waals surface area contributed by atoms with E-state index >= 15 is 0 Å². The van der Waals surface area contributed by atoms with E-state index in [1.807, 2.05) is 90.8 Å². The van der Waals surface area contributed by atoms with Crippen LogP contribution in [0.2, 0.25) is 0 Å². The van der Waals surface area contributed by atoms with Crippen molar-refractivity contribution in [3.05, 3.63) is 88.1 Å². The van der Waals surface area contributed by atoms with E-state index in [0.29, 0.717) is 23.6 Å². The molecule has 37 heavy (non-hydrogen) atoms. The molecule has 0 radical (unpaired) electrons. The van der Waals surface area contributed by atoms with Gasteiger partial charge in [-0.25, -0.2) is 9.79 Å². The molecular weight excluding hydrogens is 488 g/mol. The molecule has 2 aliphatic heterocycles. The molecule has 2 aromatic carbocycles. The second-order valence-corrected chi connectivity index (χ2v) is 9.90. The molecule has 194 valence electrons. The molecule has 2 aromatic rings. The van der Waals surface area contributed by atoms with Crippen molar-refractivity contribution in [2.24, 2.45) is 4.99 Å². The fraction of sp³-hybridized carbons (Fsp3) is 0.321. The fourth-order valence-electron chi connectivity index (χ4n) is 4.20. The number of benzene rings is 2. The molecule has 1 amide bonds. The van der Waals surface area contributed by atoms with Gasteiger partial charge in [0.05, 0.1) is 30.8 Å². The molecule has 0 aliphatic carbocycles. The molecule has 0 saturated carbocycles. The quantitative estimate of drug-likeness (QED) is 0.473. The summed E-state index contributed by atoms with van der Waals surface area (Å²) < 4.78 is 11.2. The number of likely N-dealkylation sites (N-methyl/N-ethyl adjacent to an activating group) is 1. The Morgan fingerprint density at radius 3 is 2.65 bits per heavy atom. The number of amidine groups is 1. The summed E-state index contributed by atoms with van der Waals surface area (Å²) in [7, 11) is 5.53. The van der Waals surface area contributed by atoms with Crippen LogP contribution in [-0.4, -0.2) is 61.1 Å². The molecule has 0 bridgehead atoms. The first-order chi connectivity index (χ1) is 17.9. The van der Waals surface area contributed by atoms with E-state index in [0.717, 1.165) is 28.5 Å². The fourth-order valence-corrected chi connectivity index (χ4v) is 5.17. The molecule has 1 atom stereocenters. The van der Waals surface area contributed by atoms with Gasteiger partial charge >= 0.3 is 5.97 Å². The number of carbonyl (C=O) groups excluding carboxylic acids is 2. The topological polar surface area (TPSA) is 83.5 Å². The molecule has 8 nitrogen and oxygen atoms in total. The number of esters is 1. The molecule has 0 spiro atoms. The van der Waals surface area contributed by atoms with Gasteiger partial charge < -0.3 is 24.6 Å². The number of fused-ring (bicyclic) bond motifs is 1. The highest BCUT2D eigenvalue weighted by Gasteiger charge is 2.41. The average molecular weight is 521 g/mol. The zero-order valence-corrected chi connectivity index (χ0v) is 22.4. The van der Waals surface area contributed by atoms with Crippen LogP contribution < -0.4 is 10.1 Å². The maximum atomic E-state index is 13.5. The number of amides is 1. The summed E-state index contributed by atoms with van der Waals surface area (Å²) in [6.07, 6.45) is 0.172. The lowest BCUT2D eigenvalue weighted by atomic mass is 9.93. The summed E-state index contributed by atoms with van der Waals surface area (Å²) in [6, 6.07) is 16.7. The highest BCUT2D eigenvalue weighted by atomic mass is 32.2. The maximum absolute atomic E-state index is 13.5. The van der Waals surface area contributed by atoms with E-state index in [1.54, 1.807) is 7.11 Å². The van der Waals surface area contributed by atoms with Gasteiger partial charge in [0.25, 0.3) is 0 Å². The first-order valence-corrected chi connectivity index (χ1v) is 13.0. The van der Waals surface area contributed by atoms with Gasteiger partial charge in [0, 0.05) is 18.8 Å². The number of rotatable bonds is 10. The van der Waals surface area contributed by atoms with Gasteiger partial charge in [-0.05, 0) is 49.7 Å². The number of nitrogens with one attached hydrogen (secondary N) is 1. The SMILES string of the molecule is COc1cccc(C2C(C(=O)OCc3ccccc3)=C(C)N=C3SC=C(CC(=O)NCCN(C)C)N32)c1. The first-order valence-electron chi connectivity index (χ1n) is 12.1. The van der Waals surface area contributed by atoms with Crippen LogP contribution in [-0.2, 0) is 20.9 Å². The van der Waals surface area contributed by atoms with E-state index in [-0.39, 0.29) is 18.9 Å².